The Morgan fingerprint density at radius 2 is 1.92 bits per heavy atom. The van der Waals surface area contributed by atoms with E-state index in [0.29, 0.717) is 18.5 Å². The van der Waals surface area contributed by atoms with Gasteiger partial charge in [0.2, 0.25) is 11.9 Å². The summed E-state index contributed by atoms with van der Waals surface area (Å²) in [7, 11) is 0. The van der Waals surface area contributed by atoms with Crippen LogP contribution in [0.3, 0.4) is 0 Å². The fourth-order valence-electron chi connectivity index (χ4n) is 3.63. The van der Waals surface area contributed by atoms with Gasteiger partial charge in [-0.3, -0.25) is 4.79 Å². The monoisotopic (exact) mass is 329 g/mol. The van der Waals surface area contributed by atoms with Gasteiger partial charge in [-0.15, -0.1) is 0 Å². The Kier molecular flexibility index (Phi) is 4.06. The molecule has 1 aromatic heterocycles. The summed E-state index contributed by atoms with van der Waals surface area (Å²) in [6, 6.07) is 0.310. The van der Waals surface area contributed by atoms with E-state index in [0.717, 1.165) is 61.9 Å². The molecule has 4 rings (SSSR count). The third-order valence-corrected chi connectivity index (χ3v) is 5.10. The molecule has 2 fully saturated rings. The Hall–Kier alpha value is -1.85. The predicted molar refractivity (Wildman–Crippen MR) is 94.1 cm³/mol. The first-order valence-corrected chi connectivity index (χ1v) is 9.32. The second-order valence-electron chi connectivity index (χ2n) is 7.57. The number of hydrogen-bond acceptors (Lipinski definition) is 5. The van der Waals surface area contributed by atoms with Crippen LogP contribution in [0.1, 0.15) is 50.8 Å². The van der Waals surface area contributed by atoms with Gasteiger partial charge in [-0.1, -0.05) is 0 Å². The first kappa shape index (κ1) is 15.7. The highest BCUT2D eigenvalue weighted by Gasteiger charge is 2.36. The number of nitrogens with zero attached hydrogens (tertiary/aromatic N) is 4. The highest BCUT2D eigenvalue weighted by Crippen LogP contribution is 2.34. The third kappa shape index (κ3) is 3.06. The fraction of sp³-hybridized carbons (Fsp3) is 0.722. The van der Waals surface area contributed by atoms with Crippen LogP contribution in [0.2, 0.25) is 0 Å². The topological polar surface area (TPSA) is 61.4 Å². The minimum atomic E-state index is 0.276. The number of rotatable bonds is 4. The van der Waals surface area contributed by atoms with Gasteiger partial charge in [0, 0.05) is 43.6 Å². The van der Waals surface area contributed by atoms with Crippen LogP contribution in [0.4, 0.5) is 11.8 Å². The number of carbonyl (C=O) groups is 1. The average molecular weight is 329 g/mol. The zero-order valence-electron chi connectivity index (χ0n) is 14.7. The van der Waals surface area contributed by atoms with Crippen molar-refractivity contribution >= 4 is 17.7 Å². The molecule has 0 bridgehead atoms. The summed E-state index contributed by atoms with van der Waals surface area (Å²) < 4.78 is 0. The molecule has 0 atom stereocenters. The van der Waals surface area contributed by atoms with Gasteiger partial charge in [0.15, 0.2) is 0 Å². The molecular weight excluding hydrogens is 302 g/mol. The Labute approximate surface area is 143 Å². The molecule has 1 aromatic rings. The van der Waals surface area contributed by atoms with Gasteiger partial charge in [-0.05, 0) is 39.5 Å². The smallest absolute Gasteiger partial charge is 0.227 e. The van der Waals surface area contributed by atoms with Crippen molar-refractivity contribution in [3.63, 3.8) is 0 Å². The molecule has 0 radical (unpaired) electrons. The van der Waals surface area contributed by atoms with E-state index < -0.39 is 0 Å². The molecule has 130 valence electrons. The van der Waals surface area contributed by atoms with Gasteiger partial charge in [0.1, 0.15) is 5.82 Å². The van der Waals surface area contributed by atoms with Crippen LogP contribution < -0.4 is 10.2 Å². The molecule has 1 amide bonds. The molecule has 6 heteroatoms. The lowest BCUT2D eigenvalue weighted by Crippen LogP contribution is -2.38. The number of hydrogen-bond donors (Lipinski definition) is 1. The van der Waals surface area contributed by atoms with Crippen LogP contribution in [0.5, 0.6) is 0 Å². The van der Waals surface area contributed by atoms with Crippen molar-refractivity contribution in [3.8, 4) is 0 Å². The van der Waals surface area contributed by atoms with E-state index in [1.807, 2.05) is 4.90 Å². The predicted octanol–water partition coefficient (Wildman–Crippen LogP) is 2.19. The second-order valence-corrected chi connectivity index (χ2v) is 7.57. The maximum atomic E-state index is 12.4. The molecule has 1 saturated heterocycles. The Balaban J connectivity index is 1.64. The van der Waals surface area contributed by atoms with E-state index in [1.165, 1.54) is 12.8 Å². The summed E-state index contributed by atoms with van der Waals surface area (Å²) in [5.41, 5.74) is 2.24. The van der Waals surface area contributed by atoms with Gasteiger partial charge in [-0.2, -0.15) is 4.98 Å². The Bertz CT molecular complexity index is 635. The minimum Gasteiger partial charge on any atom is -0.367 e. The summed E-state index contributed by atoms with van der Waals surface area (Å²) in [6.45, 7) is 7.79. The fourth-order valence-corrected chi connectivity index (χ4v) is 3.63. The van der Waals surface area contributed by atoms with Crippen molar-refractivity contribution in [2.24, 2.45) is 5.92 Å². The van der Waals surface area contributed by atoms with Crippen LogP contribution in [0.25, 0.3) is 0 Å². The SMILES string of the molecule is CC(C)Nc1nc(N2CCCC2)nc2c1CN(C(=O)C1CC1)CC2. The number of aromatic nitrogens is 2. The minimum absolute atomic E-state index is 0.276. The Morgan fingerprint density at radius 3 is 2.58 bits per heavy atom. The van der Waals surface area contributed by atoms with Gasteiger partial charge in [-0.25, -0.2) is 4.98 Å². The molecule has 1 aliphatic carbocycles. The van der Waals surface area contributed by atoms with Crippen LogP contribution >= 0.6 is 0 Å². The van der Waals surface area contributed by atoms with E-state index in [-0.39, 0.29) is 5.92 Å². The highest BCUT2D eigenvalue weighted by molar-refractivity contribution is 5.81. The quantitative estimate of drug-likeness (QED) is 0.917. The summed E-state index contributed by atoms with van der Waals surface area (Å²) in [5, 5.41) is 3.49. The zero-order valence-corrected chi connectivity index (χ0v) is 14.7. The number of amides is 1. The van der Waals surface area contributed by atoms with Crippen LogP contribution in [-0.4, -0.2) is 46.5 Å². The number of fused-ring (bicyclic) bond motifs is 1. The molecule has 3 aliphatic rings. The normalized spacial score (nSPS) is 20.5. The van der Waals surface area contributed by atoms with Crippen molar-refractivity contribution in [1.82, 2.24) is 14.9 Å². The number of carbonyl (C=O) groups excluding carboxylic acids is 1. The van der Waals surface area contributed by atoms with Crippen LogP contribution in [-0.2, 0) is 17.8 Å². The summed E-state index contributed by atoms with van der Waals surface area (Å²) in [5.74, 6) is 2.37. The molecular formula is C18H27N5O. The van der Waals surface area contributed by atoms with E-state index >= 15 is 0 Å². The molecule has 3 heterocycles. The molecule has 0 unspecified atom stereocenters. The zero-order chi connectivity index (χ0) is 16.7. The van der Waals surface area contributed by atoms with Crippen LogP contribution in [0.15, 0.2) is 0 Å². The van der Waals surface area contributed by atoms with Crippen molar-refractivity contribution in [3.05, 3.63) is 11.3 Å². The molecule has 6 nitrogen and oxygen atoms in total. The van der Waals surface area contributed by atoms with Crippen molar-refractivity contribution < 1.29 is 4.79 Å². The maximum absolute atomic E-state index is 12.4. The molecule has 1 saturated carbocycles. The number of anilines is 2. The van der Waals surface area contributed by atoms with Gasteiger partial charge >= 0.3 is 0 Å². The summed E-state index contributed by atoms with van der Waals surface area (Å²) >= 11 is 0. The van der Waals surface area contributed by atoms with Crippen molar-refractivity contribution in [2.75, 3.05) is 29.9 Å². The van der Waals surface area contributed by atoms with Gasteiger partial charge < -0.3 is 15.1 Å². The van der Waals surface area contributed by atoms with Crippen molar-refractivity contribution in [2.45, 2.75) is 58.5 Å². The maximum Gasteiger partial charge on any atom is 0.227 e. The Morgan fingerprint density at radius 1 is 1.17 bits per heavy atom. The standard InChI is InChI=1S/C18H27N5O/c1-12(2)19-16-14-11-23(17(24)13-5-6-13)10-7-15(14)20-18(21-16)22-8-3-4-9-22/h12-13H,3-11H2,1-2H3,(H,19,20,21). The third-order valence-electron chi connectivity index (χ3n) is 5.10. The van der Waals surface area contributed by atoms with Crippen molar-refractivity contribution in [1.29, 1.82) is 0 Å². The van der Waals surface area contributed by atoms with E-state index in [9.17, 15) is 4.79 Å². The van der Waals surface area contributed by atoms with Gasteiger partial charge in [0.25, 0.3) is 0 Å². The van der Waals surface area contributed by atoms with E-state index in [2.05, 4.69) is 24.1 Å². The van der Waals surface area contributed by atoms with Gasteiger partial charge in [0.05, 0.1) is 12.2 Å². The molecule has 0 aromatic carbocycles. The second kappa shape index (κ2) is 6.22. The number of nitrogens with one attached hydrogen (secondary N) is 1. The molecule has 1 N–H and O–H groups in total. The largest absolute Gasteiger partial charge is 0.367 e. The van der Waals surface area contributed by atoms with E-state index in [1.54, 1.807) is 0 Å². The lowest BCUT2D eigenvalue weighted by atomic mass is 10.1. The molecule has 24 heavy (non-hydrogen) atoms. The van der Waals surface area contributed by atoms with E-state index in [4.69, 9.17) is 9.97 Å². The van der Waals surface area contributed by atoms with Crippen LogP contribution in [0, 0.1) is 5.92 Å². The highest BCUT2D eigenvalue weighted by atomic mass is 16.2. The molecule has 0 spiro atoms. The average Bonchev–Trinajstić information content (AvgIpc) is 3.27. The lowest BCUT2D eigenvalue weighted by Gasteiger charge is -2.31. The summed E-state index contributed by atoms with van der Waals surface area (Å²) in [4.78, 5) is 26.4. The molecule has 2 aliphatic heterocycles. The first-order chi connectivity index (χ1) is 11.6. The lowest BCUT2D eigenvalue weighted by molar-refractivity contribution is -0.133. The first-order valence-electron chi connectivity index (χ1n) is 9.32. The summed E-state index contributed by atoms with van der Waals surface area (Å²) in [6.07, 6.45) is 5.39.